The molecule has 0 atom stereocenters. The van der Waals surface area contributed by atoms with Gasteiger partial charge in [0.25, 0.3) is 10.0 Å². The van der Waals surface area contributed by atoms with Crippen molar-refractivity contribution in [3.05, 3.63) is 18.2 Å². The molecule has 7 heteroatoms. The van der Waals surface area contributed by atoms with Gasteiger partial charge in [-0.2, -0.15) is 0 Å². The van der Waals surface area contributed by atoms with Crippen LogP contribution in [0.1, 0.15) is 12.8 Å². The van der Waals surface area contributed by atoms with Gasteiger partial charge in [0.1, 0.15) is 4.90 Å². The number of guanidine groups is 1. The third-order valence-corrected chi connectivity index (χ3v) is 4.49. The summed E-state index contributed by atoms with van der Waals surface area (Å²) in [7, 11) is 0.211. The summed E-state index contributed by atoms with van der Waals surface area (Å²) in [4.78, 5) is 6.43. The molecular formula is C12H16N4O2S. The van der Waals surface area contributed by atoms with Crippen LogP contribution in [0.3, 0.4) is 0 Å². The first-order chi connectivity index (χ1) is 8.95. The highest BCUT2D eigenvalue weighted by atomic mass is 32.2. The SMILES string of the molecule is CN(C)c1ccc2c(c1)S(=O)(=O)NC(=NC1CC1)N2. The first-order valence-electron chi connectivity index (χ1n) is 6.15. The summed E-state index contributed by atoms with van der Waals surface area (Å²) >= 11 is 0. The van der Waals surface area contributed by atoms with Crippen LogP contribution in [-0.2, 0) is 10.0 Å². The predicted molar refractivity (Wildman–Crippen MR) is 75.2 cm³/mol. The second-order valence-electron chi connectivity index (χ2n) is 5.01. The summed E-state index contributed by atoms with van der Waals surface area (Å²) in [6, 6.07) is 5.55. The lowest BCUT2D eigenvalue weighted by atomic mass is 10.2. The molecule has 2 aliphatic rings. The normalized spacial score (nSPS) is 22.3. The number of fused-ring (bicyclic) bond motifs is 1. The number of hydrogen-bond acceptors (Lipinski definition) is 4. The largest absolute Gasteiger partial charge is 0.378 e. The van der Waals surface area contributed by atoms with Crippen molar-refractivity contribution in [1.29, 1.82) is 0 Å². The molecule has 1 fully saturated rings. The third-order valence-electron chi connectivity index (χ3n) is 3.11. The van der Waals surface area contributed by atoms with Gasteiger partial charge in [-0.05, 0) is 31.0 Å². The average molecular weight is 280 g/mol. The van der Waals surface area contributed by atoms with E-state index in [1.165, 1.54) is 0 Å². The third kappa shape index (κ3) is 2.37. The smallest absolute Gasteiger partial charge is 0.266 e. The van der Waals surface area contributed by atoms with E-state index in [0.717, 1.165) is 18.5 Å². The van der Waals surface area contributed by atoms with Crippen LogP contribution in [-0.4, -0.2) is 34.5 Å². The quantitative estimate of drug-likeness (QED) is 0.847. The Bertz CT molecular complexity index is 648. The first-order valence-corrected chi connectivity index (χ1v) is 7.63. The highest BCUT2D eigenvalue weighted by molar-refractivity contribution is 7.90. The summed E-state index contributed by atoms with van der Waals surface area (Å²) in [6.45, 7) is 0. The molecule has 19 heavy (non-hydrogen) atoms. The van der Waals surface area contributed by atoms with E-state index < -0.39 is 10.0 Å². The van der Waals surface area contributed by atoms with Crippen LogP contribution in [0.2, 0.25) is 0 Å². The van der Waals surface area contributed by atoms with Crippen molar-refractivity contribution in [3.63, 3.8) is 0 Å². The van der Waals surface area contributed by atoms with Crippen molar-refractivity contribution in [1.82, 2.24) is 4.72 Å². The van der Waals surface area contributed by atoms with E-state index in [-0.39, 0.29) is 10.9 Å². The van der Waals surface area contributed by atoms with Crippen molar-refractivity contribution >= 4 is 27.4 Å². The highest BCUT2D eigenvalue weighted by Crippen LogP contribution is 2.30. The number of hydrogen-bond donors (Lipinski definition) is 2. The van der Waals surface area contributed by atoms with E-state index in [2.05, 4.69) is 15.0 Å². The zero-order chi connectivity index (χ0) is 13.6. The number of benzene rings is 1. The molecule has 1 aromatic carbocycles. The Morgan fingerprint density at radius 1 is 1.32 bits per heavy atom. The lowest BCUT2D eigenvalue weighted by molar-refractivity contribution is 0.591. The van der Waals surface area contributed by atoms with Gasteiger partial charge in [-0.1, -0.05) is 0 Å². The molecule has 0 amide bonds. The lowest BCUT2D eigenvalue weighted by Crippen LogP contribution is -2.41. The fourth-order valence-electron chi connectivity index (χ4n) is 1.89. The predicted octanol–water partition coefficient (Wildman–Crippen LogP) is 0.975. The average Bonchev–Trinajstić information content (AvgIpc) is 3.11. The monoisotopic (exact) mass is 280 g/mol. The van der Waals surface area contributed by atoms with Crippen LogP contribution in [0.4, 0.5) is 11.4 Å². The van der Waals surface area contributed by atoms with E-state index >= 15 is 0 Å². The van der Waals surface area contributed by atoms with Crippen LogP contribution in [0.15, 0.2) is 28.1 Å². The standard InChI is InChI=1S/C12H16N4O2S/c1-16(2)9-5-6-10-11(7-9)19(17,18)15-12(14-10)13-8-3-4-8/h5-8H,3-4H2,1-2H3,(H2,13,14,15). The van der Waals surface area contributed by atoms with Crippen LogP contribution >= 0.6 is 0 Å². The maximum absolute atomic E-state index is 12.2. The van der Waals surface area contributed by atoms with Gasteiger partial charge in [0.15, 0.2) is 0 Å². The van der Waals surface area contributed by atoms with Gasteiger partial charge < -0.3 is 10.2 Å². The minimum Gasteiger partial charge on any atom is -0.378 e. The molecule has 0 unspecified atom stereocenters. The maximum atomic E-state index is 12.2. The molecule has 102 valence electrons. The van der Waals surface area contributed by atoms with E-state index in [4.69, 9.17) is 0 Å². The van der Waals surface area contributed by atoms with Crippen molar-refractivity contribution in [2.24, 2.45) is 4.99 Å². The van der Waals surface area contributed by atoms with Crippen LogP contribution < -0.4 is 14.9 Å². The molecule has 1 aliphatic heterocycles. The number of aliphatic imine (C=N–C) groups is 1. The van der Waals surface area contributed by atoms with Crippen molar-refractivity contribution in [2.75, 3.05) is 24.3 Å². The molecule has 1 aliphatic carbocycles. The molecular weight excluding hydrogens is 264 g/mol. The summed E-state index contributed by atoms with van der Waals surface area (Å²) in [6.07, 6.45) is 2.05. The first kappa shape index (κ1) is 12.3. The van der Waals surface area contributed by atoms with Gasteiger partial charge in [-0.25, -0.2) is 18.1 Å². The lowest BCUT2D eigenvalue weighted by Gasteiger charge is -2.23. The number of anilines is 2. The van der Waals surface area contributed by atoms with Crippen molar-refractivity contribution < 1.29 is 8.42 Å². The molecule has 3 rings (SSSR count). The Hall–Kier alpha value is -1.76. The summed E-state index contributed by atoms with van der Waals surface area (Å²) < 4.78 is 26.9. The Labute approximate surface area is 112 Å². The molecule has 0 saturated heterocycles. The molecule has 0 aromatic heterocycles. The summed E-state index contributed by atoms with van der Waals surface area (Å²) in [5, 5.41) is 3.03. The van der Waals surface area contributed by atoms with Crippen LogP contribution in [0, 0.1) is 0 Å². The van der Waals surface area contributed by atoms with E-state index in [1.54, 1.807) is 12.1 Å². The number of sulfonamides is 1. The Kier molecular flexibility index (Phi) is 2.67. The zero-order valence-corrected chi connectivity index (χ0v) is 11.7. The fraction of sp³-hybridized carbons (Fsp3) is 0.417. The molecule has 0 radical (unpaired) electrons. The Balaban J connectivity index is 2.03. The molecule has 0 bridgehead atoms. The van der Waals surface area contributed by atoms with E-state index in [9.17, 15) is 8.42 Å². The highest BCUT2D eigenvalue weighted by Gasteiger charge is 2.29. The zero-order valence-electron chi connectivity index (χ0n) is 10.8. The van der Waals surface area contributed by atoms with Gasteiger partial charge in [0, 0.05) is 19.8 Å². The van der Waals surface area contributed by atoms with E-state index in [1.807, 2.05) is 25.1 Å². The number of nitrogens with one attached hydrogen (secondary N) is 2. The van der Waals surface area contributed by atoms with Crippen molar-refractivity contribution in [2.45, 2.75) is 23.8 Å². The van der Waals surface area contributed by atoms with Gasteiger partial charge >= 0.3 is 0 Å². The maximum Gasteiger partial charge on any atom is 0.266 e. The second kappa shape index (κ2) is 4.12. The van der Waals surface area contributed by atoms with E-state index in [0.29, 0.717) is 11.6 Å². The summed E-state index contributed by atoms with van der Waals surface area (Å²) in [5.74, 6) is 0.326. The molecule has 1 aromatic rings. The second-order valence-corrected chi connectivity index (χ2v) is 6.67. The van der Waals surface area contributed by atoms with Gasteiger partial charge in [-0.15, -0.1) is 0 Å². The van der Waals surface area contributed by atoms with Gasteiger partial charge in [-0.3, -0.25) is 0 Å². The number of rotatable bonds is 2. The van der Waals surface area contributed by atoms with Gasteiger partial charge in [0.05, 0.1) is 11.7 Å². The molecule has 2 N–H and O–H groups in total. The van der Waals surface area contributed by atoms with Gasteiger partial charge in [0.2, 0.25) is 5.96 Å². The Morgan fingerprint density at radius 2 is 2.05 bits per heavy atom. The summed E-state index contributed by atoms with van der Waals surface area (Å²) in [5.41, 5.74) is 1.41. The number of nitrogens with zero attached hydrogens (tertiary/aromatic N) is 2. The molecule has 1 heterocycles. The molecule has 6 nitrogen and oxygen atoms in total. The minimum absolute atomic E-state index is 0.257. The van der Waals surface area contributed by atoms with Crippen LogP contribution in [0.5, 0.6) is 0 Å². The Morgan fingerprint density at radius 3 is 2.68 bits per heavy atom. The minimum atomic E-state index is -3.54. The fourth-order valence-corrected chi connectivity index (χ4v) is 3.05. The topological polar surface area (TPSA) is 73.8 Å². The molecule has 0 spiro atoms. The van der Waals surface area contributed by atoms with Crippen molar-refractivity contribution in [3.8, 4) is 0 Å². The molecule has 1 saturated carbocycles. The van der Waals surface area contributed by atoms with Crippen LogP contribution in [0.25, 0.3) is 0 Å².